The Hall–Kier alpha value is -1.39. The first-order chi connectivity index (χ1) is 9.54. The van der Waals surface area contributed by atoms with Crippen LogP contribution >= 0.6 is 0 Å². The highest BCUT2D eigenvalue weighted by Crippen LogP contribution is 2.18. The van der Waals surface area contributed by atoms with Crippen LogP contribution in [0, 0.1) is 0 Å². The average Bonchev–Trinajstić information content (AvgIpc) is 2.44. The number of hydrogen-bond donors (Lipinski definition) is 1. The van der Waals surface area contributed by atoms with Crippen LogP contribution in [0.2, 0.25) is 0 Å². The van der Waals surface area contributed by atoms with Gasteiger partial charge in [-0.3, -0.25) is 0 Å². The summed E-state index contributed by atoms with van der Waals surface area (Å²) in [6.45, 7) is 7.78. The van der Waals surface area contributed by atoms with Crippen molar-refractivity contribution in [2.45, 2.75) is 40.5 Å². The molecule has 0 heterocycles. The Kier molecular flexibility index (Phi) is 8.90. The van der Waals surface area contributed by atoms with E-state index < -0.39 is 0 Å². The van der Waals surface area contributed by atoms with Crippen molar-refractivity contribution in [2.75, 3.05) is 13.2 Å². The van der Waals surface area contributed by atoms with Crippen LogP contribution in [0.25, 0.3) is 0 Å². The van der Waals surface area contributed by atoms with Crippen LogP contribution in [-0.2, 0) is 27.2 Å². The van der Waals surface area contributed by atoms with E-state index in [1.165, 1.54) is 6.92 Å². The predicted octanol–water partition coefficient (Wildman–Crippen LogP) is -1.56. The Bertz CT molecular complexity index is 466. The van der Waals surface area contributed by atoms with Crippen LogP contribution in [0.5, 0.6) is 0 Å². The summed E-state index contributed by atoms with van der Waals surface area (Å²) in [5.41, 5.74) is 3.16. The lowest BCUT2D eigenvalue weighted by atomic mass is 10.0. The van der Waals surface area contributed by atoms with Gasteiger partial charge in [0.1, 0.15) is 5.69 Å². The predicted molar refractivity (Wildman–Crippen MR) is 78.0 cm³/mol. The molecule has 0 saturated heterocycles. The normalized spacial score (nSPS) is 11.4. The molecule has 0 saturated carbocycles. The molecule has 1 atom stereocenters. The van der Waals surface area contributed by atoms with E-state index in [-0.39, 0.29) is 30.8 Å². The number of para-hydroxylation sites is 1. The van der Waals surface area contributed by atoms with E-state index in [1.54, 1.807) is 6.92 Å². The zero-order chi connectivity index (χ0) is 15.1. The Balaban J connectivity index is 0.00000400. The van der Waals surface area contributed by atoms with Crippen LogP contribution in [0.3, 0.4) is 0 Å². The lowest BCUT2D eigenvalue weighted by molar-refractivity contribution is -0.740. The minimum atomic E-state index is -0.342. The van der Waals surface area contributed by atoms with Crippen molar-refractivity contribution in [2.24, 2.45) is 0 Å². The standard InChI is InChI=1S/C16H23NO3.ClH/c1-5-13-9-8-10-14(6-2)16(13)17(12(4)18)11-15(19)20-7-3;/h8-10H,5-7,11H2,1-4H3;1H. The molecule has 0 bridgehead atoms. The number of nitrogens with one attached hydrogen (secondary N) is 1. The topological polar surface area (TPSA) is 47.8 Å². The maximum Gasteiger partial charge on any atom is 0.362 e. The van der Waals surface area contributed by atoms with Gasteiger partial charge in [0.05, 0.1) is 13.5 Å². The van der Waals surface area contributed by atoms with Gasteiger partial charge in [0.2, 0.25) is 0 Å². The summed E-state index contributed by atoms with van der Waals surface area (Å²) in [6.07, 6.45) is 1.67. The number of rotatable bonds is 6. The van der Waals surface area contributed by atoms with Gasteiger partial charge in [-0.25, -0.2) is 14.5 Å². The molecular formula is C16H24ClNO3. The highest BCUT2D eigenvalue weighted by molar-refractivity contribution is 5.75. The smallest absolute Gasteiger partial charge is 0.362 e. The summed E-state index contributed by atoms with van der Waals surface area (Å²) >= 11 is 0. The van der Waals surface area contributed by atoms with E-state index in [1.807, 2.05) is 18.2 Å². The third-order valence-electron chi connectivity index (χ3n) is 3.35. The lowest BCUT2D eigenvalue weighted by Crippen LogP contribution is -3.11. The molecule has 1 N–H and O–H groups in total. The third kappa shape index (κ3) is 5.14. The largest absolute Gasteiger partial charge is 1.00 e. The number of esters is 1. The summed E-state index contributed by atoms with van der Waals surface area (Å²) < 4.78 is 4.98. The van der Waals surface area contributed by atoms with Crippen LogP contribution in [0.15, 0.2) is 18.2 Å². The molecule has 0 aromatic heterocycles. The van der Waals surface area contributed by atoms with Crippen LogP contribution in [0.4, 0.5) is 5.69 Å². The monoisotopic (exact) mass is 313 g/mol. The highest BCUT2D eigenvalue weighted by Gasteiger charge is 2.27. The molecule has 1 amide bonds. The zero-order valence-corrected chi connectivity index (χ0v) is 13.9. The second-order valence-electron chi connectivity index (χ2n) is 4.67. The number of amides is 1. The molecule has 1 unspecified atom stereocenters. The second kappa shape index (κ2) is 9.53. The van der Waals surface area contributed by atoms with Gasteiger partial charge in [-0.05, 0) is 19.8 Å². The molecule has 1 rings (SSSR count). The fourth-order valence-electron chi connectivity index (χ4n) is 2.38. The van der Waals surface area contributed by atoms with Crippen LogP contribution in [-0.4, -0.2) is 25.0 Å². The number of carbonyl (C=O) groups is 2. The van der Waals surface area contributed by atoms with Gasteiger partial charge in [0.25, 0.3) is 0 Å². The average molecular weight is 314 g/mol. The Morgan fingerprint density at radius 1 is 1.10 bits per heavy atom. The summed E-state index contributed by atoms with van der Waals surface area (Å²) in [5.74, 6) is -0.403. The first kappa shape index (κ1) is 19.6. The van der Waals surface area contributed by atoms with Gasteiger partial charge < -0.3 is 17.1 Å². The minimum Gasteiger partial charge on any atom is -1.00 e. The van der Waals surface area contributed by atoms with E-state index >= 15 is 0 Å². The Labute approximate surface area is 132 Å². The van der Waals surface area contributed by atoms with Crippen molar-refractivity contribution in [3.05, 3.63) is 29.3 Å². The third-order valence-corrected chi connectivity index (χ3v) is 3.35. The SMILES string of the molecule is CCOC(=O)C[NH+](C(C)=O)c1c(CC)cccc1CC.[Cl-]. The maximum absolute atomic E-state index is 12.0. The number of hydrogen-bond acceptors (Lipinski definition) is 3. The molecule has 21 heavy (non-hydrogen) atoms. The van der Waals surface area contributed by atoms with Crippen molar-refractivity contribution < 1.29 is 31.6 Å². The van der Waals surface area contributed by atoms with Gasteiger partial charge in [0.15, 0.2) is 6.54 Å². The second-order valence-corrected chi connectivity index (χ2v) is 4.67. The molecule has 0 aliphatic rings. The molecule has 5 heteroatoms. The van der Waals surface area contributed by atoms with Crippen molar-refractivity contribution in [1.29, 1.82) is 0 Å². The molecule has 4 nitrogen and oxygen atoms in total. The quantitative estimate of drug-likeness (QED) is 0.646. The van der Waals surface area contributed by atoms with Gasteiger partial charge in [-0.1, -0.05) is 32.0 Å². The van der Waals surface area contributed by atoms with Crippen molar-refractivity contribution in [3.8, 4) is 0 Å². The Morgan fingerprint density at radius 3 is 2.00 bits per heavy atom. The van der Waals surface area contributed by atoms with E-state index in [4.69, 9.17) is 4.74 Å². The summed E-state index contributed by atoms with van der Waals surface area (Å²) in [7, 11) is 0. The zero-order valence-electron chi connectivity index (χ0n) is 13.2. The van der Waals surface area contributed by atoms with E-state index in [9.17, 15) is 9.59 Å². The van der Waals surface area contributed by atoms with Crippen molar-refractivity contribution >= 4 is 17.6 Å². The molecule has 0 aliphatic carbocycles. The Morgan fingerprint density at radius 2 is 1.62 bits per heavy atom. The number of quaternary nitrogens is 1. The van der Waals surface area contributed by atoms with E-state index in [0.717, 1.165) is 29.7 Å². The number of ether oxygens (including phenoxy) is 1. The number of carbonyl (C=O) groups excluding carboxylic acids is 2. The molecule has 0 fully saturated rings. The first-order valence-corrected chi connectivity index (χ1v) is 7.18. The molecule has 1 aromatic carbocycles. The van der Waals surface area contributed by atoms with E-state index in [0.29, 0.717) is 11.5 Å². The number of benzene rings is 1. The molecular weight excluding hydrogens is 290 g/mol. The van der Waals surface area contributed by atoms with Gasteiger partial charge in [-0.2, -0.15) is 0 Å². The molecule has 0 spiro atoms. The number of aryl methyl sites for hydroxylation is 2. The molecule has 1 aromatic rings. The van der Waals surface area contributed by atoms with E-state index in [2.05, 4.69) is 13.8 Å². The van der Waals surface area contributed by atoms with Gasteiger partial charge in [-0.15, -0.1) is 0 Å². The summed E-state index contributed by atoms with van der Waals surface area (Å²) in [4.78, 5) is 24.3. The highest BCUT2D eigenvalue weighted by atomic mass is 35.5. The molecule has 0 aliphatic heterocycles. The summed E-state index contributed by atoms with van der Waals surface area (Å²) in [5, 5.41) is 0. The molecule has 0 radical (unpaired) electrons. The maximum atomic E-state index is 12.0. The first-order valence-electron chi connectivity index (χ1n) is 7.18. The fraction of sp³-hybridized carbons (Fsp3) is 0.500. The van der Waals surface area contributed by atoms with Crippen LogP contribution < -0.4 is 17.3 Å². The number of halogens is 1. The van der Waals surface area contributed by atoms with Gasteiger partial charge >= 0.3 is 11.9 Å². The lowest BCUT2D eigenvalue weighted by Gasteiger charge is -2.19. The fourth-order valence-corrected chi connectivity index (χ4v) is 2.38. The van der Waals surface area contributed by atoms with Crippen molar-refractivity contribution in [3.63, 3.8) is 0 Å². The van der Waals surface area contributed by atoms with Crippen molar-refractivity contribution in [1.82, 2.24) is 0 Å². The molecule has 118 valence electrons. The van der Waals surface area contributed by atoms with Gasteiger partial charge in [0, 0.05) is 11.1 Å². The van der Waals surface area contributed by atoms with Crippen LogP contribution in [0.1, 0.15) is 38.8 Å². The minimum absolute atomic E-state index is 0. The summed E-state index contributed by atoms with van der Waals surface area (Å²) in [6, 6.07) is 6.04.